The number of benzene rings is 14. The van der Waals surface area contributed by atoms with Gasteiger partial charge in [0.1, 0.15) is 46.0 Å². The Kier molecular flexibility index (Phi) is 19.7. The molecule has 4 amide bonds. The van der Waals surface area contributed by atoms with Crippen LogP contribution in [-0.2, 0) is 21.7 Å². The predicted molar refractivity (Wildman–Crippen MR) is 491 cm³/mol. The molecule has 1 N–H and O–H groups in total. The molecule has 0 radical (unpaired) electrons. The van der Waals surface area contributed by atoms with Crippen LogP contribution in [-0.4, -0.2) is 34.7 Å². The van der Waals surface area contributed by atoms with Crippen molar-refractivity contribution in [1.82, 2.24) is 0 Å². The van der Waals surface area contributed by atoms with Crippen LogP contribution in [0.3, 0.4) is 0 Å². The minimum absolute atomic E-state index is 0.0116. The van der Waals surface area contributed by atoms with E-state index in [1.165, 1.54) is 29.2 Å². The van der Waals surface area contributed by atoms with E-state index < -0.39 is 29.6 Å². The zero-order valence-electron chi connectivity index (χ0n) is 73.6. The van der Waals surface area contributed by atoms with Crippen molar-refractivity contribution in [3.8, 4) is 46.0 Å². The molecule has 12 heteroatoms. The first-order valence-electron chi connectivity index (χ1n) is 42.3. The summed E-state index contributed by atoms with van der Waals surface area (Å²) < 4.78 is 30.0. The molecule has 0 aromatic heterocycles. The molecule has 120 heavy (non-hydrogen) atoms. The summed E-state index contributed by atoms with van der Waals surface area (Å²) in [4.78, 5) is 80.2. The van der Waals surface area contributed by atoms with Crippen LogP contribution in [0.1, 0.15) is 275 Å². The van der Waals surface area contributed by atoms with Gasteiger partial charge in [0.15, 0.2) is 0 Å². The highest BCUT2D eigenvalue weighted by Crippen LogP contribution is 2.59. The fraction of sp³-hybridized carbons (Fsp3) is 0.324. The van der Waals surface area contributed by atoms with Gasteiger partial charge in [0, 0.05) is 43.1 Å². The summed E-state index contributed by atoms with van der Waals surface area (Å²) in [5, 5.41) is 19.0. The quantitative estimate of drug-likeness (QED) is 0.0301. The topological polar surface area (TPSA) is 149 Å². The Hall–Kier alpha value is -11.9. The molecule has 612 valence electrons. The Morgan fingerprint density at radius 3 is 0.883 bits per heavy atom. The highest BCUT2D eigenvalue weighted by Gasteiger charge is 2.44. The number of rotatable bonds is 22. The summed E-state index contributed by atoms with van der Waals surface area (Å²) >= 11 is 0. The van der Waals surface area contributed by atoms with Gasteiger partial charge < -0.3 is 24.1 Å². The average molecular weight is 1600 g/mol. The molecule has 2 aliphatic heterocycles. The number of imide groups is 2. The SMILES string of the molecule is C=C(C)CC(C)(C)c1ccc(Oc2cc3c4c(cc(Oc5ccc(C(C)(C)CC(C)(C)C)cc5)c5c6ccc7c8c(Oc9ccc(C(C)(C)CC(C)(C)C)cc9)cc9c%10c(cc(Oc%11ccc(C(C)(C)CC(C)(C)C)cc%11)c(c%11ccc(c2c45)c6c%117)c%108)C(=O)N(c2ccc(C(=O)O)cc2)C9=O)C(=O)N(c2c(C(C)C)cccc2C(C)C)C3=O)cc1. The minimum Gasteiger partial charge on any atom is -0.478 e. The molecule has 16 rings (SSSR count). The molecule has 0 bridgehead atoms. The molecule has 0 aliphatic carbocycles. The van der Waals surface area contributed by atoms with Gasteiger partial charge in [0.25, 0.3) is 23.6 Å². The Bertz CT molecular complexity index is 6380. The van der Waals surface area contributed by atoms with Crippen molar-refractivity contribution < 1.29 is 48.0 Å². The lowest BCUT2D eigenvalue weighted by Gasteiger charge is -2.34. The smallest absolute Gasteiger partial charge is 0.335 e. The van der Waals surface area contributed by atoms with Crippen molar-refractivity contribution in [3.63, 3.8) is 0 Å². The molecule has 2 heterocycles. The van der Waals surface area contributed by atoms with Crippen molar-refractivity contribution in [2.45, 2.75) is 212 Å². The molecule has 0 fully saturated rings. The van der Waals surface area contributed by atoms with E-state index in [-0.39, 0.29) is 83.2 Å². The van der Waals surface area contributed by atoms with Gasteiger partial charge in [-0.15, -0.1) is 6.58 Å². The number of aromatic carboxylic acids is 1. The zero-order valence-corrected chi connectivity index (χ0v) is 73.6. The Labute approximate surface area is 705 Å². The summed E-state index contributed by atoms with van der Waals surface area (Å²) in [5.74, 6) is -0.140. The second-order valence-corrected chi connectivity index (χ2v) is 41.0. The maximum absolute atomic E-state index is 16.6. The molecule has 0 unspecified atom stereocenters. The third kappa shape index (κ3) is 14.4. The molecule has 0 saturated carbocycles. The van der Waals surface area contributed by atoms with Gasteiger partial charge in [0.2, 0.25) is 0 Å². The van der Waals surface area contributed by atoms with E-state index in [1.54, 1.807) is 12.1 Å². The molecule has 2 aliphatic rings. The lowest BCUT2D eigenvalue weighted by atomic mass is 9.72. The van der Waals surface area contributed by atoms with E-state index in [0.717, 1.165) is 91.1 Å². The summed E-state index contributed by atoms with van der Waals surface area (Å²) in [6.07, 6.45) is 3.50. The number of ether oxygens (including phenoxy) is 4. The number of anilines is 2. The number of fused-ring (bicyclic) bond motifs is 4. The fourth-order valence-electron chi connectivity index (χ4n) is 20.7. The predicted octanol–water partition coefficient (Wildman–Crippen LogP) is 29.7. The Balaban J connectivity index is 1.05. The lowest BCUT2D eigenvalue weighted by Crippen LogP contribution is -2.42. The van der Waals surface area contributed by atoms with Crippen molar-refractivity contribution in [2.75, 3.05) is 9.80 Å². The molecule has 0 saturated heterocycles. The van der Waals surface area contributed by atoms with Crippen LogP contribution >= 0.6 is 0 Å². The number of carboxylic acids is 1. The molecular formula is C108H110N2O10. The van der Waals surface area contributed by atoms with Gasteiger partial charge in [-0.1, -0.05) is 242 Å². The Morgan fingerprint density at radius 2 is 0.625 bits per heavy atom. The molecular weight excluding hydrogens is 1490 g/mol. The van der Waals surface area contributed by atoms with Gasteiger partial charge in [-0.2, -0.15) is 0 Å². The number of carbonyl (C=O) groups is 5. The second kappa shape index (κ2) is 28.9. The van der Waals surface area contributed by atoms with E-state index in [4.69, 9.17) is 18.9 Å². The Morgan fingerprint density at radius 1 is 0.350 bits per heavy atom. The number of hydrogen-bond donors (Lipinski definition) is 1. The number of carboxylic acid groups (broad SMARTS) is 1. The third-order valence-electron chi connectivity index (χ3n) is 24.7. The standard InChI is InChI=1S/C108H110N2O10/c1-59(2)55-105(16,17)63-29-39-68(40-30-63)117-84-53-80-89-81(100(114)110(99(80)113)96-72(60(3)4)25-24-26-73(96)61(5)6)54-85(120-71-45-35-66(36-46-71)108(22,23)58-104(13,14)15)93-77-50-48-75-86-74(47-49-76(87(77)86)92(84)95(89)93)90-82(118-69-41-31-64(32-42-69)106(18,19)56-102(7,8)9)51-78-88-79(98(112)109(97(78)111)67-37-27-62(28-38-67)101(115)116)52-83(91(75)94(88)90)119-70-43-33-65(34-44-70)107(20,21)57-103(10,11)12/h24-54,60-61H,1,55-58H2,2-23H3,(H,115,116). The van der Waals surface area contributed by atoms with Gasteiger partial charge in [-0.05, 0) is 245 Å². The van der Waals surface area contributed by atoms with E-state index >= 15 is 19.2 Å². The van der Waals surface area contributed by atoms with Crippen molar-refractivity contribution in [1.29, 1.82) is 0 Å². The van der Waals surface area contributed by atoms with E-state index in [0.29, 0.717) is 106 Å². The lowest BCUT2D eigenvalue weighted by molar-refractivity contribution is 0.0695. The van der Waals surface area contributed by atoms with Crippen LogP contribution in [0, 0.1) is 16.2 Å². The molecule has 12 nitrogen and oxygen atoms in total. The molecule has 0 spiro atoms. The number of carbonyl (C=O) groups excluding carboxylic acids is 4. The highest BCUT2D eigenvalue weighted by atomic mass is 16.5. The normalized spacial score (nSPS) is 14.0. The highest BCUT2D eigenvalue weighted by molar-refractivity contribution is 6.49. The largest absolute Gasteiger partial charge is 0.478 e. The molecule has 0 atom stereocenters. The average Bonchev–Trinajstić information content (AvgIpc) is 0.668. The van der Waals surface area contributed by atoms with Crippen molar-refractivity contribution >= 4 is 116 Å². The first-order chi connectivity index (χ1) is 56.3. The number of hydrogen-bond acceptors (Lipinski definition) is 9. The summed E-state index contributed by atoms with van der Waals surface area (Å²) in [6, 6.07) is 60.1. The molecule has 14 aromatic carbocycles. The van der Waals surface area contributed by atoms with Gasteiger partial charge in [-0.25, -0.2) is 14.6 Å². The minimum atomic E-state index is -1.16. The maximum atomic E-state index is 16.6. The van der Waals surface area contributed by atoms with Crippen molar-refractivity contribution in [2.24, 2.45) is 16.2 Å². The first-order valence-corrected chi connectivity index (χ1v) is 42.3. The number of amides is 4. The third-order valence-corrected chi connectivity index (χ3v) is 24.7. The summed E-state index contributed by atoms with van der Waals surface area (Å²) in [5.41, 5.74) is 8.11. The number of allylic oxidation sites excluding steroid dienone is 1. The van der Waals surface area contributed by atoms with Crippen LogP contribution in [0.5, 0.6) is 46.0 Å². The number of nitrogens with zero attached hydrogens (tertiary/aromatic N) is 2. The zero-order chi connectivity index (χ0) is 86.1. The first kappa shape index (κ1) is 81.8. The van der Waals surface area contributed by atoms with E-state index in [9.17, 15) is 9.90 Å². The van der Waals surface area contributed by atoms with E-state index in [2.05, 4.69) is 225 Å². The van der Waals surface area contributed by atoms with Crippen LogP contribution in [0.4, 0.5) is 11.4 Å². The van der Waals surface area contributed by atoms with Crippen LogP contribution in [0.2, 0.25) is 0 Å². The van der Waals surface area contributed by atoms with Gasteiger partial charge >= 0.3 is 5.97 Å². The maximum Gasteiger partial charge on any atom is 0.335 e. The van der Waals surface area contributed by atoms with Gasteiger partial charge in [-0.3, -0.25) is 19.2 Å². The van der Waals surface area contributed by atoms with E-state index in [1.807, 2.05) is 85.8 Å². The van der Waals surface area contributed by atoms with Crippen molar-refractivity contribution in [3.05, 3.63) is 261 Å². The second-order valence-electron chi connectivity index (χ2n) is 41.0. The number of para-hydroxylation sites is 1. The van der Waals surface area contributed by atoms with Crippen LogP contribution in [0.15, 0.2) is 200 Å². The molecule has 14 aromatic rings. The summed E-state index contributed by atoms with van der Waals surface area (Å²) in [6.45, 7) is 53.0. The summed E-state index contributed by atoms with van der Waals surface area (Å²) in [7, 11) is 0. The monoisotopic (exact) mass is 1590 g/mol. The van der Waals surface area contributed by atoms with Gasteiger partial charge in [0.05, 0.1) is 39.2 Å². The fourth-order valence-corrected chi connectivity index (χ4v) is 20.7. The van der Waals surface area contributed by atoms with Crippen LogP contribution < -0.4 is 28.7 Å². The van der Waals surface area contributed by atoms with Crippen LogP contribution in [0.25, 0.3) is 75.4 Å².